The molecule has 1 saturated heterocycles. The van der Waals surface area contributed by atoms with Gasteiger partial charge in [-0.2, -0.15) is 0 Å². The first-order valence-electron chi connectivity index (χ1n) is 6.90. The number of halogens is 1. The number of nitrogens with zero attached hydrogens (tertiary/aromatic N) is 1. The summed E-state index contributed by atoms with van der Waals surface area (Å²) in [6, 6.07) is 8.90. The lowest BCUT2D eigenvalue weighted by molar-refractivity contribution is 0.0734. The van der Waals surface area contributed by atoms with Gasteiger partial charge in [-0.05, 0) is 30.5 Å². The number of benzene rings is 1. The lowest BCUT2D eigenvalue weighted by Crippen LogP contribution is -2.33. The largest absolute Gasteiger partial charge is 0.367 e. The van der Waals surface area contributed by atoms with Crippen LogP contribution in [0.3, 0.4) is 0 Å². The zero-order valence-electron chi connectivity index (χ0n) is 11.4. The molecule has 1 amide bonds. The van der Waals surface area contributed by atoms with E-state index in [4.69, 9.17) is 11.6 Å². The van der Waals surface area contributed by atoms with E-state index in [9.17, 15) is 9.59 Å². The topological polar surface area (TPSA) is 53.2 Å². The molecule has 1 aromatic heterocycles. The maximum atomic E-state index is 12.6. The molecule has 108 valence electrons. The lowest BCUT2D eigenvalue weighted by Gasteiger charge is -2.25. The second-order valence-electron chi connectivity index (χ2n) is 5.13. The van der Waals surface area contributed by atoms with Crippen LogP contribution in [0.2, 0.25) is 5.02 Å². The van der Waals surface area contributed by atoms with Crippen LogP contribution < -0.4 is 5.43 Å². The van der Waals surface area contributed by atoms with Crippen LogP contribution in [-0.2, 0) is 0 Å². The van der Waals surface area contributed by atoms with E-state index in [-0.39, 0.29) is 22.9 Å². The van der Waals surface area contributed by atoms with Crippen molar-refractivity contribution in [3.63, 3.8) is 0 Å². The molecule has 0 saturated carbocycles. The van der Waals surface area contributed by atoms with Crippen molar-refractivity contribution in [2.24, 2.45) is 0 Å². The Morgan fingerprint density at radius 1 is 1.33 bits per heavy atom. The highest BCUT2D eigenvalue weighted by atomic mass is 35.5. The second-order valence-corrected chi connectivity index (χ2v) is 5.57. The molecular formula is C16H15ClN2O2. The minimum absolute atomic E-state index is 0.0178. The van der Waals surface area contributed by atoms with Gasteiger partial charge in [-0.3, -0.25) is 9.59 Å². The minimum atomic E-state index is -0.254. The molecular weight excluding hydrogens is 288 g/mol. The summed E-state index contributed by atoms with van der Waals surface area (Å²) >= 11 is 6.03. The van der Waals surface area contributed by atoms with Crippen LogP contribution >= 0.6 is 11.6 Å². The summed E-state index contributed by atoms with van der Waals surface area (Å²) in [7, 11) is 0. The van der Waals surface area contributed by atoms with Crippen molar-refractivity contribution in [3.8, 4) is 0 Å². The first kappa shape index (κ1) is 13.9. The van der Waals surface area contributed by atoms with E-state index in [0.717, 1.165) is 18.4 Å². The van der Waals surface area contributed by atoms with Crippen LogP contribution in [0.1, 0.15) is 34.8 Å². The standard InChI is InChI=1S/C16H15ClN2O2/c17-12-4-1-3-11(9-12)14-5-2-8-19(14)16(21)13-10-18-7-6-15(13)20/h1,3-4,6-7,9-10,14H,2,5,8H2,(H,18,20). The summed E-state index contributed by atoms with van der Waals surface area (Å²) in [4.78, 5) is 29.0. The molecule has 1 aliphatic rings. The monoisotopic (exact) mass is 302 g/mol. The number of hydrogen-bond donors (Lipinski definition) is 1. The summed E-state index contributed by atoms with van der Waals surface area (Å²) in [5.41, 5.74) is 0.947. The smallest absolute Gasteiger partial charge is 0.259 e. The third-order valence-electron chi connectivity index (χ3n) is 3.80. The number of likely N-dealkylation sites (tertiary alicyclic amines) is 1. The zero-order chi connectivity index (χ0) is 14.8. The summed E-state index contributed by atoms with van der Waals surface area (Å²) < 4.78 is 0. The predicted molar refractivity (Wildman–Crippen MR) is 81.5 cm³/mol. The van der Waals surface area contributed by atoms with Crippen LogP contribution in [0.25, 0.3) is 0 Å². The Morgan fingerprint density at radius 2 is 2.19 bits per heavy atom. The molecule has 0 spiro atoms. The number of aromatic amines is 1. The highest BCUT2D eigenvalue weighted by Gasteiger charge is 2.31. The number of hydrogen-bond acceptors (Lipinski definition) is 2. The van der Waals surface area contributed by atoms with Crippen molar-refractivity contribution in [2.75, 3.05) is 6.54 Å². The van der Waals surface area contributed by atoms with Crippen molar-refractivity contribution in [1.29, 1.82) is 0 Å². The summed E-state index contributed by atoms with van der Waals surface area (Å²) in [5, 5.41) is 0.657. The van der Waals surface area contributed by atoms with Gasteiger partial charge in [-0.1, -0.05) is 23.7 Å². The quantitative estimate of drug-likeness (QED) is 0.927. The highest BCUT2D eigenvalue weighted by Crippen LogP contribution is 2.33. The molecule has 4 nitrogen and oxygen atoms in total. The highest BCUT2D eigenvalue weighted by molar-refractivity contribution is 6.30. The van der Waals surface area contributed by atoms with Crippen molar-refractivity contribution in [1.82, 2.24) is 9.88 Å². The van der Waals surface area contributed by atoms with Crippen LogP contribution in [0.4, 0.5) is 0 Å². The van der Waals surface area contributed by atoms with Crippen LogP contribution in [0, 0.1) is 0 Å². The van der Waals surface area contributed by atoms with Gasteiger partial charge in [0.05, 0.1) is 6.04 Å². The molecule has 1 aliphatic heterocycles. The molecule has 1 N–H and O–H groups in total. The van der Waals surface area contributed by atoms with Gasteiger partial charge in [0.1, 0.15) is 5.56 Å². The number of amides is 1. The second kappa shape index (κ2) is 5.74. The van der Waals surface area contributed by atoms with Crippen LogP contribution in [-0.4, -0.2) is 22.3 Å². The molecule has 3 rings (SSSR count). The molecule has 1 aromatic carbocycles. The third-order valence-corrected chi connectivity index (χ3v) is 4.04. The Balaban J connectivity index is 1.93. The summed E-state index contributed by atoms with van der Waals surface area (Å²) in [6.07, 6.45) is 4.81. The normalized spacial score (nSPS) is 18.0. The molecule has 1 fully saturated rings. The number of H-pyrrole nitrogens is 1. The molecule has 0 radical (unpaired) electrons. The maximum absolute atomic E-state index is 12.6. The maximum Gasteiger partial charge on any atom is 0.259 e. The van der Waals surface area contributed by atoms with E-state index in [2.05, 4.69) is 4.98 Å². The molecule has 21 heavy (non-hydrogen) atoms. The van der Waals surface area contributed by atoms with Gasteiger partial charge in [0.2, 0.25) is 0 Å². The van der Waals surface area contributed by atoms with Crippen LogP contribution in [0.15, 0.2) is 47.5 Å². The van der Waals surface area contributed by atoms with Crippen LogP contribution in [0.5, 0.6) is 0 Å². The Hall–Kier alpha value is -2.07. The van der Waals surface area contributed by atoms with Gasteiger partial charge in [-0.25, -0.2) is 0 Å². The number of aromatic nitrogens is 1. The van der Waals surface area contributed by atoms with E-state index in [1.54, 1.807) is 4.90 Å². The van der Waals surface area contributed by atoms with Gasteiger partial charge < -0.3 is 9.88 Å². The van der Waals surface area contributed by atoms with Gasteiger partial charge in [0, 0.05) is 30.0 Å². The predicted octanol–water partition coefficient (Wildman–Crippen LogP) is 3.01. The fourth-order valence-electron chi connectivity index (χ4n) is 2.81. The Labute approximate surface area is 127 Å². The fourth-order valence-corrected chi connectivity index (χ4v) is 3.01. The molecule has 2 aromatic rings. The number of carbonyl (C=O) groups excluding carboxylic acids is 1. The number of carbonyl (C=O) groups is 1. The average molecular weight is 303 g/mol. The van der Waals surface area contributed by atoms with Crippen molar-refractivity contribution < 1.29 is 4.79 Å². The van der Waals surface area contributed by atoms with E-state index in [0.29, 0.717) is 11.6 Å². The first-order chi connectivity index (χ1) is 10.2. The molecule has 5 heteroatoms. The van der Waals surface area contributed by atoms with Crippen molar-refractivity contribution in [3.05, 3.63) is 69.1 Å². The average Bonchev–Trinajstić information content (AvgIpc) is 2.96. The SMILES string of the molecule is O=C(c1c[nH]ccc1=O)N1CCCC1c1cccc(Cl)c1. The van der Waals surface area contributed by atoms with E-state index in [1.165, 1.54) is 18.5 Å². The lowest BCUT2D eigenvalue weighted by atomic mass is 10.0. The van der Waals surface area contributed by atoms with Crippen molar-refractivity contribution >= 4 is 17.5 Å². The Bertz CT molecular complexity index is 726. The molecule has 0 bridgehead atoms. The summed E-state index contributed by atoms with van der Waals surface area (Å²) in [5.74, 6) is -0.223. The molecule has 1 atom stereocenters. The number of rotatable bonds is 2. The van der Waals surface area contributed by atoms with Gasteiger partial charge in [-0.15, -0.1) is 0 Å². The summed E-state index contributed by atoms with van der Waals surface area (Å²) in [6.45, 7) is 0.657. The van der Waals surface area contributed by atoms with E-state index in [1.807, 2.05) is 24.3 Å². The zero-order valence-corrected chi connectivity index (χ0v) is 12.1. The first-order valence-corrected chi connectivity index (χ1v) is 7.28. The Kier molecular flexibility index (Phi) is 3.80. The number of pyridine rings is 1. The molecule has 2 heterocycles. The molecule has 1 unspecified atom stereocenters. The fraction of sp³-hybridized carbons (Fsp3) is 0.250. The van der Waals surface area contributed by atoms with Gasteiger partial charge in [0.15, 0.2) is 5.43 Å². The van der Waals surface area contributed by atoms with Crippen molar-refractivity contribution in [2.45, 2.75) is 18.9 Å². The van der Waals surface area contributed by atoms with Gasteiger partial charge in [0.25, 0.3) is 5.91 Å². The number of nitrogens with one attached hydrogen (secondary N) is 1. The molecule has 0 aliphatic carbocycles. The van der Waals surface area contributed by atoms with E-state index >= 15 is 0 Å². The minimum Gasteiger partial charge on any atom is -0.367 e. The van der Waals surface area contributed by atoms with E-state index < -0.39 is 0 Å². The Morgan fingerprint density at radius 3 is 2.95 bits per heavy atom. The third kappa shape index (κ3) is 2.72. The van der Waals surface area contributed by atoms with Gasteiger partial charge >= 0.3 is 0 Å².